The number of aromatic nitrogens is 3. The number of Topliss-reactive ketones (excluding diaryl/α,β-unsaturated/α-hetero) is 1. The van der Waals surface area contributed by atoms with Gasteiger partial charge >= 0.3 is 0 Å². The van der Waals surface area contributed by atoms with Crippen LogP contribution in [-0.4, -0.2) is 34.8 Å². The van der Waals surface area contributed by atoms with Crippen molar-refractivity contribution in [1.82, 2.24) is 15.0 Å². The molecular formula is C22H19ClN4O. The number of imidazole rings is 1. The molecule has 140 valence electrons. The first-order valence-electron chi connectivity index (χ1n) is 8.90. The predicted octanol–water partition coefficient (Wildman–Crippen LogP) is 4.77. The molecule has 0 bridgehead atoms. The second-order valence-electron chi connectivity index (χ2n) is 6.84. The first-order valence-corrected chi connectivity index (χ1v) is 9.28. The lowest BCUT2D eigenvalue weighted by Crippen LogP contribution is -2.07. The maximum Gasteiger partial charge on any atom is 0.168 e. The molecule has 2 aromatic heterocycles. The molecule has 1 N–H and O–H groups in total. The first kappa shape index (κ1) is 18.2. The Morgan fingerprint density at radius 1 is 1.14 bits per heavy atom. The number of hydrogen-bond donors (Lipinski definition) is 1. The molecule has 0 saturated heterocycles. The number of benzene rings is 2. The first-order chi connectivity index (χ1) is 13.5. The molecule has 5 nitrogen and oxygen atoms in total. The highest BCUT2D eigenvalue weighted by atomic mass is 35.5. The lowest BCUT2D eigenvalue weighted by Gasteiger charge is -2.11. The van der Waals surface area contributed by atoms with Crippen molar-refractivity contribution >= 4 is 34.1 Å². The van der Waals surface area contributed by atoms with Crippen molar-refractivity contribution in [3.63, 3.8) is 0 Å². The van der Waals surface area contributed by atoms with E-state index in [0.29, 0.717) is 16.4 Å². The van der Waals surface area contributed by atoms with Crippen LogP contribution >= 0.6 is 11.6 Å². The van der Waals surface area contributed by atoms with E-state index in [1.807, 2.05) is 43.3 Å². The molecule has 0 amide bonds. The molecule has 0 fully saturated rings. The Morgan fingerprint density at radius 2 is 2.00 bits per heavy atom. The minimum absolute atomic E-state index is 0.0154. The van der Waals surface area contributed by atoms with Crippen LogP contribution in [-0.2, 0) is 6.42 Å². The second kappa shape index (κ2) is 7.44. The number of rotatable bonds is 5. The monoisotopic (exact) mass is 390 g/mol. The van der Waals surface area contributed by atoms with E-state index < -0.39 is 0 Å². The van der Waals surface area contributed by atoms with Gasteiger partial charge in [0.05, 0.1) is 16.1 Å². The van der Waals surface area contributed by atoms with Crippen LogP contribution in [0, 0.1) is 0 Å². The van der Waals surface area contributed by atoms with Gasteiger partial charge in [-0.05, 0) is 48.0 Å². The number of aromatic amines is 1. The van der Waals surface area contributed by atoms with E-state index in [9.17, 15) is 4.79 Å². The standard InChI is InChI=1S/C22H19ClN4O/c1-27(2)16-6-8-19-20(12-16)26-22(25-19)17-10-14(5-7-18(17)23)11-21(28)15-4-3-9-24-13-15/h3-10,12-13H,11H2,1-2H3,(H,25,26). The predicted molar refractivity (Wildman–Crippen MR) is 113 cm³/mol. The Balaban J connectivity index is 1.67. The third kappa shape index (κ3) is 3.62. The number of fused-ring (bicyclic) bond motifs is 1. The molecular weight excluding hydrogens is 372 g/mol. The Hall–Kier alpha value is -3.18. The fourth-order valence-corrected chi connectivity index (χ4v) is 3.29. The SMILES string of the molecule is CN(C)c1ccc2nc(-c3cc(CC(=O)c4cccnc4)ccc3Cl)[nH]c2c1. The molecule has 4 rings (SSSR count). The van der Waals surface area contributed by atoms with Gasteiger partial charge in [-0.3, -0.25) is 9.78 Å². The van der Waals surface area contributed by atoms with Crippen LogP contribution in [0.15, 0.2) is 60.9 Å². The number of carbonyl (C=O) groups is 1. The molecule has 28 heavy (non-hydrogen) atoms. The lowest BCUT2D eigenvalue weighted by atomic mass is 10.0. The number of hydrogen-bond acceptors (Lipinski definition) is 4. The molecule has 0 unspecified atom stereocenters. The Labute approximate surface area is 168 Å². The molecule has 0 spiro atoms. The summed E-state index contributed by atoms with van der Waals surface area (Å²) in [7, 11) is 4.00. The average Bonchev–Trinajstić information content (AvgIpc) is 3.13. The summed E-state index contributed by atoms with van der Waals surface area (Å²) in [6, 6.07) is 15.2. The summed E-state index contributed by atoms with van der Waals surface area (Å²) >= 11 is 6.43. The third-order valence-corrected chi connectivity index (χ3v) is 4.95. The van der Waals surface area contributed by atoms with Crippen LogP contribution in [0.2, 0.25) is 5.02 Å². The molecule has 0 aliphatic carbocycles. The molecule has 2 aromatic carbocycles. The molecule has 2 heterocycles. The normalized spacial score (nSPS) is 11.0. The number of anilines is 1. The summed E-state index contributed by atoms with van der Waals surface area (Å²) < 4.78 is 0. The van der Waals surface area contributed by atoms with E-state index in [2.05, 4.69) is 21.0 Å². The third-order valence-electron chi connectivity index (χ3n) is 4.62. The maximum atomic E-state index is 12.5. The molecule has 0 saturated carbocycles. The smallest absolute Gasteiger partial charge is 0.168 e. The number of ketones is 1. The van der Waals surface area contributed by atoms with Gasteiger partial charge < -0.3 is 9.88 Å². The van der Waals surface area contributed by atoms with Crippen molar-refractivity contribution in [3.8, 4) is 11.4 Å². The molecule has 0 aliphatic rings. The van der Waals surface area contributed by atoms with Crippen LogP contribution in [0.1, 0.15) is 15.9 Å². The van der Waals surface area contributed by atoms with Crippen molar-refractivity contribution < 1.29 is 4.79 Å². The van der Waals surface area contributed by atoms with Crippen molar-refractivity contribution in [3.05, 3.63) is 77.1 Å². The number of H-pyrrole nitrogens is 1. The molecule has 6 heteroatoms. The average molecular weight is 391 g/mol. The molecule has 0 radical (unpaired) electrons. The summed E-state index contributed by atoms with van der Waals surface area (Å²) in [6.07, 6.45) is 3.52. The van der Waals surface area contributed by atoms with Gasteiger partial charge in [-0.2, -0.15) is 0 Å². The summed E-state index contributed by atoms with van der Waals surface area (Å²) in [4.78, 5) is 26.5. The maximum absolute atomic E-state index is 12.5. The number of nitrogens with zero attached hydrogens (tertiary/aromatic N) is 3. The van der Waals surface area contributed by atoms with Crippen LogP contribution in [0.4, 0.5) is 5.69 Å². The Kier molecular flexibility index (Phi) is 4.84. The summed E-state index contributed by atoms with van der Waals surface area (Å²) in [6.45, 7) is 0. The molecule has 0 atom stereocenters. The highest BCUT2D eigenvalue weighted by Gasteiger charge is 2.13. The van der Waals surface area contributed by atoms with Gasteiger partial charge in [0.1, 0.15) is 5.82 Å². The van der Waals surface area contributed by atoms with Gasteiger partial charge in [0, 0.05) is 49.7 Å². The molecule has 0 aliphatic heterocycles. The number of pyridine rings is 1. The second-order valence-corrected chi connectivity index (χ2v) is 7.24. The molecule has 4 aromatic rings. The summed E-state index contributed by atoms with van der Waals surface area (Å²) in [5.41, 5.74) is 5.15. The Bertz CT molecular complexity index is 1150. The van der Waals surface area contributed by atoms with E-state index in [4.69, 9.17) is 11.6 Å². The number of carbonyl (C=O) groups excluding carboxylic acids is 1. The quantitative estimate of drug-likeness (QED) is 0.498. The summed E-state index contributed by atoms with van der Waals surface area (Å²) in [5.74, 6) is 0.702. The highest BCUT2D eigenvalue weighted by molar-refractivity contribution is 6.33. The van der Waals surface area contributed by atoms with Crippen molar-refractivity contribution in [2.75, 3.05) is 19.0 Å². The van der Waals surface area contributed by atoms with Crippen molar-refractivity contribution in [2.24, 2.45) is 0 Å². The zero-order valence-corrected chi connectivity index (χ0v) is 16.4. The minimum atomic E-state index is 0.0154. The Morgan fingerprint density at radius 3 is 2.75 bits per heavy atom. The number of nitrogens with one attached hydrogen (secondary N) is 1. The van der Waals surface area contributed by atoms with Crippen LogP contribution in [0.25, 0.3) is 22.4 Å². The van der Waals surface area contributed by atoms with E-state index in [1.54, 1.807) is 30.6 Å². The van der Waals surface area contributed by atoms with E-state index in [1.165, 1.54) is 0 Å². The fourth-order valence-electron chi connectivity index (χ4n) is 3.08. The number of halogens is 1. The summed E-state index contributed by atoms with van der Waals surface area (Å²) in [5, 5.41) is 0.587. The van der Waals surface area contributed by atoms with Gasteiger partial charge in [0.2, 0.25) is 0 Å². The van der Waals surface area contributed by atoms with Crippen molar-refractivity contribution in [1.29, 1.82) is 0 Å². The minimum Gasteiger partial charge on any atom is -0.378 e. The van der Waals surface area contributed by atoms with Crippen molar-refractivity contribution in [2.45, 2.75) is 6.42 Å². The van der Waals surface area contributed by atoms with E-state index in [-0.39, 0.29) is 12.2 Å². The largest absolute Gasteiger partial charge is 0.378 e. The van der Waals surface area contributed by atoms with Gasteiger partial charge in [0.15, 0.2) is 5.78 Å². The van der Waals surface area contributed by atoms with Gasteiger partial charge in [-0.25, -0.2) is 4.98 Å². The van der Waals surface area contributed by atoms with Gasteiger partial charge in [0.25, 0.3) is 0 Å². The highest BCUT2D eigenvalue weighted by Crippen LogP contribution is 2.30. The van der Waals surface area contributed by atoms with Crippen LogP contribution in [0.5, 0.6) is 0 Å². The van der Waals surface area contributed by atoms with Crippen LogP contribution < -0.4 is 4.90 Å². The van der Waals surface area contributed by atoms with E-state index in [0.717, 1.165) is 27.8 Å². The topological polar surface area (TPSA) is 61.9 Å². The zero-order valence-electron chi connectivity index (χ0n) is 15.6. The zero-order chi connectivity index (χ0) is 19.7. The van der Waals surface area contributed by atoms with Gasteiger partial charge in [-0.15, -0.1) is 0 Å². The van der Waals surface area contributed by atoms with E-state index >= 15 is 0 Å². The van der Waals surface area contributed by atoms with Crippen LogP contribution in [0.3, 0.4) is 0 Å². The fraction of sp³-hybridized carbons (Fsp3) is 0.136. The van der Waals surface area contributed by atoms with Gasteiger partial charge in [-0.1, -0.05) is 17.7 Å². The lowest BCUT2D eigenvalue weighted by molar-refractivity contribution is 0.0992.